The van der Waals surface area contributed by atoms with Crippen LogP contribution in [0.25, 0.3) is 0 Å². The highest BCUT2D eigenvalue weighted by atomic mass is 16.5. The van der Waals surface area contributed by atoms with Crippen molar-refractivity contribution in [2.24, 2.45) is 0 Å². The SMILES string of the molecule is CC(=O)N1CCC2(CC1)C[C@@H](CC(=O)N1CCN(C(=O)[C@@H]3CCCO3)CC1)c1ccccc1O2. The van der Waals surface area contributed by atoms with Gasteiger partial charge >= 0.3 is 0 Å². The highest BCUT2D eigenvalue weighted by Crippen LogP contribution is 2.46. The van der Waals surface area contributed by atoms with Gasteiger partial charge in [-0.1, -0.05) is 18.2 Å². The van der Waals surface area contributed by atoms with Crippen LogP contribution in [-0.2, 0) is 19.1 Å². The Morgan fingerprint density at radius 3 is 2.35 bits per heavy atom. The molecule has 8 heteroatoms. The van der Waals surface area contributed by atoms with Crippen LogP contribution in [0.15, 0.2) is 24.3 Å². The fraction of sp³-hybridized carbons (Fsp3) is 0.654. The summed E-state index contributed by atoms with van der Waals surface area (Å²) in [5.74, 6) is 1.28. The predicted molar refractivity (Wildman–Crippen MR) is 125 cm³/mol. The van der Waals surface area contributed by atoms with E-state index in [-0.39, 0.29) is 35.3 Å². The number of para-hydroxylation sites is 1. The molecule has 0 aliphatic carbocycles. The van der Waals surface area contributed by atoms with Crippen molar-refractivity contribution in [1.82, 2.24) is 14.7 Å². The standard InChI is InChI=1S/C26H35N3O5/c1-19(30)27-10-8-26(9-11-27)18-20(21-5-2-3-6-22(21)34-26)17-24(31)28-12-14-29(15-13-28)25(32)23-7-4-16-33-23/h2-3,5-6,20,23H,4,7-18H2,1H3/t20-,23+/m1/s1. The molecule has 0 aromatic heterocycles. The molecule has 1 aromatic rings. The van der Waals surface area contributed by atoms with Gasteiger partial charge in [-0.2, -0.15) is 0 Å². The number of amides is 3. The van der Waals surface area contributed by atoms with Crippen molar-refractivity contribution in [2.75, 3.05) is 45.9 Å². The summed E-state index contributed by atoms with van der Waals surface area (Å²) < 4.78 is 12.1. The average molecular weight is 470 g/mol. The summed E-state index contributed by atoms with van der Waals surface area (Å²) in [5.41, 5.74) is 0.778. The van der Waals surface area contributed by atoms with Crippen LogP contribution in [0.4, 0.5) is 0 Å². The number of piperidine rings is 1. The summed E-state index contributed by atoms with van der Waals surface area (Å²) in [4.78, 5) is 43.4. The number of hydrogen-bond donors (Lipinski definition) is 0. The zero-order chi connectivity index (χ0) is 23.7. The van der Waals surface area contributed by atoms with Gasteiger partial charge in [0.15, 0.2) is 0 Å². The van der Waals surface area contributed by atoms with Crippen molar-refractivity contribution in [1.29, 1.82) is 0 Å². The van der Waals surface area contributed by atoms with Crippen LogP contribution < -0.4 is 4.74 Å². The zero-order valence-electron chi connectivity index (χ0n) is 20.0. The van der Waals surface area contributed by atoms with Crippen LogP contribution >= 0.6 is 0 Å². The summed E-state index contributed by atoms with van der Waals surface area (Å²) in [6, 6.07) is 8.06. The van der Waals surface area contributed by atoms with E-state index in [1.54, 1.807) is 6.92 Å². The molecular weight excluding hydrogens is 434 g/mol. The van der Waals surface area contributed by atoms with Crippen molar-refractivity contribution >= 4 is 17.7 Å². The molecule has 4 aliphatic rings. The monoisotopic (exact) mass is 469 g/mol. The first-order valence-corrected chi connectivity index (χ1v) is 12.7. The molecule has 0 saturated carbocycles. The van der Waals surface area contributed by atoms with Gasteiger partial charge in [0.2, 0.25) is 11.8 Å². The van der Waals surface area contributed by atoms with E-state index < -0.39 is 0 Å². The number of fused-ring (bicyclic) bond motifs is 1. The van der Waals surface area contributed by atoms with Gasteiger partial charge in [-0.05, 0) is 30.9 Å². The summed E-state index contributed by atoms with van der Waals surface area (Å²) in [7, 11) is 0. The van der Waals surface area contributed by atoms with Gasteiger partial charge in [-0.25, -0.2) is 0 Å². The molecule has 3 saturated heterocycles. The summed E-state index contributed by atoms with van der Waals surface area (Å²) in [5, 5.41) is 0. The fourth-order valence-corrected chi connectivity index (χ4v) is 5.95. The maximum Gasteiger partial charge on any atom is 0.251 e. The zero-order valence-corrected chi connectivity index (χ0v) is 20.0. The Hall–Kier alpha value is -2.61. The molecule has 1 aromatic carbocycles. The van der Waals surface area contributed by atoms with Crippen molar-refractivity contribution in [2.45, 2.75) is 63.1 Å². The number of carbonyl (C=O) groups is 3. The molecule has 3 fully saturated rings. The molecule has 5 rings (SSSR count). The third-order valence-corrected chi connectivity index (χ3v) is 7.99. The minimum Gasteiger partial charge on any atom is -0.487 e. The summed E-state index contributed by atoms with van der Waals surface area (Å²) in [6.07, 6.45) is 4.25. The van der Waals surface area contributed by atoms with Crippen LogP contribution in [0.5, 0.6) is 5.75 Å². The second-order valence-corrected chi connectivity index (χ2v) is 10.1. The molecule has 0 N–H and O–H groups in total. The Bertz CT molecular complexity index is 928. The largest absolute Gasteiger partial charge is 0.487 e. The average Bonchev–Trinajstić information content (AvgIpc) is 3.39. The highest BCUT2D eigenvalue weighted by molar-refractivity contribution is 5.82. The van der Waals surface area contributed by atoms with E-state index in [1.165, 1.54) is 0 Å². The van der Waals surface area contributed by atoms with Crippen molar-refractivity contribution in [3.63, 3.8) is 0 Å². The lowest BCUT2D eigenvalue weighted by Gasteiger charge is -2.47. The van der Waals surface area contributed by atoms with Gasteiger partial charge in [0, 0.05) is 78.0 Å². The third-order valence-electron chi connectivity index (χ3n) is 7.99. The fourth-order valence-electron chi connectivity index (χ4n) is 5.95. The Kier molecular flexibility index (Phi) is 6.51. The van der Waals surface area contributed by atoms with Gasteiger partial charge in [0.1, 0.15) is 17.5 Å². The number of ether oxygens (including phenoxy) is 2. The van der Waals surface area contributed by atoms with E-state index in [0.29, 0.717) is 52.3 Å². The van der Waals surface area contributed by atoms with E-state index in [1.807, 2.05) is 32.9 Å². The normalized spacial score (nSPS) is 26.2. The Morgan fingerprint density at radius 2 is 1.68 bits per heavy atom. The van der Waals surface area contributed by atoms with Gasteiger partial charge in [0.05, 0.1) is 0 Å². The second kappa shape index (κ2) is 9.56. The minimum absolute atomic E-state index is 0.0711. The van der Waals surface area contributed by atoms with Crippen molar-refractivity contribution in [3.05, 3.63) is 29.8 Å². The molecule has 8 nitrogen and oxygen atoms in total. The van der Waals surface area contributed by atoms with Gasteiger partial charge in [-0.15, -0.1) is 0 Å². The molecule has 4 heterocycles. The molecule has 0 bridgehead atoms. The van der Waals surface area contributed by atoms with E-state index in [4.69, 9.17) is 9.47 Å². The minimum atomic E-state index is -0.322. The van der Waals surface area contributed by atoms with Crippen LogP contribution in [-0.4, -0.2) is 90.0 Å². The van der Waals surface area contributed by atoms with Crippen LogP contribution in [0.3, 0.4) is 0 Å². The molecule has 3 amide bonds. The number of hydrogen-bond acceptors (Lipinski definition) is 5. The van der Waals surface area contributed by atoms with E-state index >= 15 is 0 Å². The highest BCUT2D eigenvalue weighted by Gasteiger charge is 2.44. The first-order chi connectivity index (χ1) is 16.4. The first kappa shape index (κ1) is 23.1. The maximum atomic E-state index is 13.3. The Balaban J connectivity index is 1.22. The lowest BCUT2D eigenvalue weighted by Crippen LogP contribution is -2.53. The number of carbonyl (C=O) groups excluding carboxylic acids is 3. The van der Waals surface area contributed by atoms with Crippen LogP contribution in [0.1, 0.15) is 56.9 Å². The summed E-state index contributed by atoms with van der Waals surface area (Å²) >= 11 is 0. The van der Waals surface area contributed by atoms with Crippen LogP contribution in [0, 0.1) is 0 Å². The van der Waals surface area contributed by atoms with E-state index in [0.717, 1.165) is 43.4 Å². The Labute approximate surface area is 201 Å². The molecule has 0 radical (unpaired) electrons. The van der Waals surface area contributed by atoms with Gasteiger partial charge in [-0.3, -0.25) is 14.4 Å². The molecular formula is C26H35N3O5. The van der Waals surface area contributed by atoms with Gasteiger partial charge < -0.3 is 24.2 Å². The number of benzene rings is 1. The molecule has 0 unspecified atom stereocenters. The first-order valence-electron chi connectivity index (χ1n) is 12.7. The smallest absolute Gasteiger partial charge is 0.251 e. The topological polar surface area (TPSA) is 79.4 Å². The molecule has 4 aliphatic heterocycles. The number of piperazine rings is 1. The molecule has 2 atom stereocenters. The Morgan fingerprint density at radius 1 is 0.971 bits per heavy atom. The summed E-state index contributed by atoms with van der Waals surface area (Å²) in [6.45, 7) is 5.94. The van der Waals surface area contributed by atoms with E-state index in [9.17, 15) is 14.4 Å². The number of likely N-dealkylation sites (tertiary alicyclic amines) is 1. The maximum absolute atomic E-state index is 13.3. The van der Waals surface area contributed by atoms with Crippen molar-refractivity contribution < 1.29 is 23.9 Å². The number of nitrogens with zero attached hydrogens (tertiary/aromatic N) is 3. The van der Waals surface area contributed by atoms with Crippen molar-refractivity contribution in [3.8, 4) is 5.75 Å². The lowest BCUT2D eigenvalue weighted by atomic mass is 9.76. The predicted octanol–water partition coefficient (Wildman–Crippen LogP) is 2.17. The molecule has 34 heavy (non-hydrogen) atoms. The second-order valence-electron chi connectivity index (χ2n) is 10.1. The molecule has 184 valence electrons. The number of rotatable bonds is 3. The van der Waals surface area contributed by atoms with Crippen LogP contribution in [0.2, 0.25) is 0 Å². The third kappa shape index (κ3) is 4.65. The quantitative estimate of drug-likeness (QED) is 0.678. The van der Waals surface area contributed by atoms with Gasteiger partial charge in [0.25, 0.3) is 5.91 Å². The molecule has 1 spiro atoms. The lowest BCUT2D eigenvalue weighted by molar-refractivity contribution is -0.146. The van der Waals surface area contributed by atoms with E-state index in [2.05, 4.69) is 6.07 Å².